The van der Waals surface area contributed by atoms with E-state index in [1.165, 1.54) is 6.42 Å². The SMILES string of the molecule is CC(C)C=CC(F)CCCCCN(C)C. The highest BCUT2D eigenvalue weighted by Crippen LogP contribution is 2.09. The van der Waals surface area contributed by atoms with Crippen molar-refractivity contribution in [1.29, 1.82) is 0 Å². The molecule has 1 atom stereocenters. The van der Waals surface area contributed by atoms with Crippen LogP contribution in [0.25, 0.3) is 0 Å². The molecule has 0 aliphatic heterocycles. The minimum Gasteiger partial charge on any atom is -0.309 e. The van der Waals surface area contributed by atoms with E-state index in [2.05, 4.69) is 32.8 Å². The lowest BCUT2D eigenvalue weighted by Gasteiger charge is -2.09. The highest BCUT2D eigenvalue weighted by Gasteiger charge is 2.01. The van der Waals surface area contributed by atoms with Crippen molar-refractivity contribution in [2.45, 2.75) is 45.7 Å². The van der Waals surface area contributed by atoms with Gasteiger partial charge in [-0.3, -0.25) is 0 Å². The van der Waals surface area contributed by atoms with Gasteiger partial charge in [0.25, 0.3) is 0 Å². The van der Waals surface area contributed by atoms with Crippen LogP contribution in [0.3, 0.4) is 0 Å². The molecule has 0 saturated heterocycles. The molecule has 0 rings (SSSR count). The van der Waals surface area contributed by atoms with Crippen molar-refractivity contribution in [3.8, 4) is 0 Å². The molecule has 1 unspecified atom stereocenters. The summed E-state index contributed by atoms with van der Waals surface area (Å²) in [6.07, 6.45) is 6.89. The summed E-state index contributed by atoms with van der Waals surface area (Å²) >= 11 is 0. The second-order valence-corrected chi connectivity index (χ2v) is 4.80. The average Bonchev–Trinajstić information content (AvgIpc) is 2.13. The van der Waals surface area contributed by atoms with Crippen LogP contribution in [-0.2, 0) is 0 Å². The molecule has 0 aliphatic rings. The van der Waals surface area contributed by atoms with Crippen molar-refractivity contribution in [2.75, 3.05) is 20.6 Å². The van der Waals surface area contributed by atoms with Crippen LogP contribution < -0.4 is 0 Å². The van der Waals surface area contributed by atoms with Gasteiger partial charge in [0, 0.05) is 0 Å². The summed E-state index contributed by atoms with van der Waals surface area (Å²) in [5.41, 5.74) is 0. The molecule has 0 fully saturated rings. The lowest BCUT2D eigenvalue weighted by atomic mass is 10.1. The normalized spacial score (nSPS) is 14.3. The highest BCUT2D eigenvalue weighted by atomic mass is 19.1. The Morgan fingerprint density at radius 1 is 1.07 bits per heavy atom. The van der Waals surface area contributed by atoms with E-state index < -0.39 is 6.17 Å². The lowest BCUT2D eigenvalue weighted by Crippen LogP contribution is -2.12. The first kappa shape index (κ1) is 14.6. The molecule has 0 aliphatic carbocycles. The summed E-state index contributed by atoms with van der Waals surface area (Å²) in [6, 6.07) is 0. The van der Waals surface area contributed by atoms with Gasteiger partial charge in [-0.2, -0.15) is 0 Å². The Morgan fingerprint density at radius 2 is 1.73 bits per heavy atom. The van der Waals surface area contributed by atoms with E-state index in [1.807, 2.05) is 6.08 Å². The zero-order chi connectivity index (χ0) is 11.7. The molecule has 0 saturated carbocycles. The van der Waals surface area contributed by atoms with E-state index in [4.69, 9.17) is 0 Å². The molecule has 90 valence electrons. The minimum absolute atomic E-state index is 0.456. The Morgan fingerprint density at radius 3 is 2.27 bits per heavy atom. The quantitative estimate of drug-likeness (QED) is 0.441. The van der Waals surface area contributed by atoms with Gasteiger partial charge >= 0.3 is 0 Å². The number of nitrogens with zero attached hydrogens (tertiary/aromatic N) is 1. The molecule has 0 heterocycles. The van der Waals surface area contributed by atoms with Gasteiger partial charge in [0.05, 0.1) is 0 Å². The standard InChI is InChI=1S/C13H26FN/c1-12(2)9-10-13(14)8-6-5-7-11-15(3)4/h9-10,12-13H,5-8,11H2,1-4H3. The topological polar surface area (TPSA) is 3.24 Å². The van der Waals surface area contributed by atoms with Crippen molar-refractivity contribution in [3.63, 3.8) is 0 Å². The Labute approximate surface area is 94.4 Å². The van der Waals surface area contributed by atoms with Crippen molar-refractivity contribution in [1.82, 2.24) is 4.90 Å². The lowest BCUT2D eigenvalue weighted by molar-refractivity contribution is 0.351. The van der Waals surface area contributed by atoms with Crippen LogP contribution in [0.1, 0.15) is 39.5 Å². The molecule has 0 bridgehead atoms. The van der Waals surface area contributed by atoms with Gasteiger partial charge in [-0.1, -0.05) is 38.8 Å². The first-order valence-corrected chi connectivity index (χ1v) is 5.99. The van der Waals surface area contributed by atoms with E-state index in [0.29, 0.717) is 12.3 Å². The molecule has 0 aromatic rings. The van der Waals surface area contributed by atoms with Crippen LogP contribution in [0.4, 0.5) is 4.39 Å². The van der Waals surface area contributed by atoms with Gasteiger partial charge in [-0.05, 0) is 39.4 Å². The maximum atomic E-state index is 13.3. The third-order valence-corrected chi connectivity index (χ3v) is 2.29. The number of hydrogen-bond donors (Lipinski definition) is 0. The summed E-state index contributed by atoms with van der Waals surface area (Å²) in [6.45, 7) is 5.25. The molecule has 0 aromatic heterocycles. The Hall–Kier alpha value is -0.370. The van der Waals surface area contributed by atoms with Crippen LogP contribution in [0.15, 0.2) is 12.2 Å². The molecular weight excluding hydrogens is 189 g/mol. The molecule has 0 N–H and O–H groups in total. The zero-order valence-corrected chi connectivity index (χ0v) is 10.7. The maximum Gasteiger partial charge on any atom is 0.118 e. The molecule has 0 amide bonds. The number of hydrogen-bond acceptors (Lipinski definition) is 1. The predicted octanol–water partition coefficient (Wildman–Crippen LogP) is 3.66. The van der Waals surface area contributed by atoms with E-state index >= 15 is 0 Å². The molecule has 0 spiro atoms. The van der Waals surface area contributed by atoms with Crippen LogP contribution in [0.5, 0.6) is 0 Å². The van der Waals surface area contributed by atoms with Crippen molar-refractivity contribution in [3.05, 3.63) is 12.2 Å². The second kappa shape index (κ2) is 8.90. The van der Waals surface area contributed by atoms with Gasteiger partial charge in [-0.15, -0.1) is 0 Å². The van der Waals surface area contributed by atoms with Crippen molar-refractivity contribution >= 4 is 0 Å². The van der Waals surface area contributed by atoms with Crippen molar-refractivity contribution in [2.24, 2.45) is 5.92 Å². The van der Waals surface area contributed by atoms with E-state index in [0.717, 1.165) is 19.4 Å². The third-order valence-electron chi connectivity index (χ3n) is 2.29. The highest BCUT2D eigenvalue weighted by molar-refractivity contribution is 4.90. The maximum absolute atomic E-state index is 13.3. The van der Waals surface area contributed by atoms with Gasteiger partial charge in [0.1, 0.15) is 6.17 Å². The van der Waals surface area contributed by atoms with E-state index in [-0.39, 0.29) is 0 Å². The fourth-order valence-corrected chi connectivity index (χ4v) is 1.38. The average molecular weight is 215 g/mol. The summed E-state index contributed by atoms with van der Waals surface area (Å²) in [5.74, 6) is 0.456. The third kappa shape index (κ3) is 11.6. The minimum atomic E-state index is -0.744. The fraction of sp³-hybridized carbons (Fsp3) is 0.846. The van der Waals surface area contributed by atoms with Crippen LogP contribution in [0.2, 0.25) is 0 Å². The van der Waals surface area contributed by atoms with Crippen molar-refractivity contribution < 1.29 is 4.39 Å². The largest absolute Gasteiger partial charge is 0.309 e. The van der Waals surface area contributed by atoms with Gasteiger partial charge < -0.3 is 4.90 Å². The van der Waals surface area contributed by atoms with Crippen LogP contribution in [-0.4, -0.2) is 31.7 Å². The Balaban J connectivity index is 3.35. The second-order valence-electron chi connectivity index (χ2n) is 4.80. The summed E-state index contributed by atoms with van der Waals surface area (Å²) in [7, 11) is 4.15. The number of alkyl halides is 1. The first-order valence-electron chi connectivity index (χ1n) is 5.99. The molecule has 2 heteroatoms. The summed E-state index contributed by atoms with van der Waals surface area (Å²) in [5, 5.41) is 0. The molecule has 0 aromatic carbocycles. The number of halogens is 1. The Bertz CT molecular complexity index is 164. The van der Waals surface area contributed by atoms with E-state index in [9.17, 15) is 4.39 Å². The van der Waals surface area contributed by atoms with E-state index in [1.54, 1.807) is 6.08 Å². The molecule has 15 heavy (non-hydrogen) atoms. The predicted molar refractivity (Wildman–Crippen MR) is 65.9 cm³/mol. The summed E-state index contributed by atoms with van der Waals surface area (Å²) in [4.78, 5) is 2.17. The smallest absolute Gasteiger partial charge is 0.118 e. The Kier molecular flexibility index (Phi) is 8.68. The monoisotopic (exact) mass is 215 g/mol. The van der Waals surface area contributed by atoms with Gasteiger partial charge in [0.2, 0.25) is 0 Å². The van der Waals surface area contributed by atoms with Gasteiger partial charge in [-0.25, -0.2) is 4.39 Å². The fourth-order valence-electron chi connectivity index (χ4n) is 1.38. The molecule has 1 nitrogen and oxygen atoms in total. The number of allylic oxidation sites excluding steroid dienone is 2. The zero-order valence-electron chi connectivity index (χ0n) is 10.7. The summed E-state index contributed by atoms with van der Waals surface area (Å²) < 4.78 is 13.3. The first-order chi connectivity index (χ1) is 7.02. The number of unbranched alkanes of at least 4 members (excludes halogenated alkanes) is 2. The van der Waals surface area contributed by atoms with Gasteiger partial charge in [0.15, 0.2) is 0 Å². The molecule has 0 radical (unpaired) electrons. The molecular formula is C13H26FN. The number of rotatable bonds is 8. The van der Waals surface area contributed by atoms with Crippen LogP contribution >= 0.6 is 0 Å². The van der Waals surface area contributed by atoms with Crippen LogP contribution in [0, 0.1) is 5.92 Å².